The maximum absolute atomic E-state index is 12.2. The van der Waals surface area contributed by atoms with Crippen LogP contribution in [0.1, 0.15) is 16.8 Å². The van der Waals surface area contributed by atoms with Gasteiger partial charge in [0.25, 0.3) is 5.56 Å². The summed E-state index contributed by atoms with van der Waals surface area (Å²) in [4.78, 5) is 20.6. The van der Waals surface area contributed by atoms with Crippen molar-refractivity contribution in [1.82, 2.24) is 15.2 Å². The summed E-state index contributed by atoms with van der Waals surface area (Å²) in [7, 11) is 1.61. The summed E-state index contributed by atoms with van der Waals surface area (Å²) < 4.78 is 10.9. The SMILES string of the molecule is COc1ccc(OCc2[nH][nH]c(=O)c2/C=C2/C=Nc3ncccc32)cc1. The second kappa shape index (κ2) is 6.72. The molecule has 0 unspecified atom stereocenters. The molecule has 0 radical (unpaired) electrons. The number of H-pyrrole nitrogens is 2. The van der Waals surface area contributed by atoms with Gasteiger partial charge in [0.1, 0.15) is 18.1 Å². The Kier molecular flexibility index (Phi) is 4.10. The van der Waals surface area contributed by atoms with Gasteiger partial charge in [-0.15, -0.1) is 0 Å². The van der Waals surface area contributed by atoms with Gasteiger partial charge in [-0.3, -0.25) is 15.0 Å². The lowest BCUT2D eigenvalue weighted by Crippen LogP contribution is -2.04. The second-order valence-corrected chi connectivity index (χ2v) is 5.67. The molecule has 0 atom stereocenters. The summed E-state index contributed by atoms with van der Waals surface area (Å²) in [6.45, 7) is 0.223. The third-order valence-corrected chi connectivity index (χ3v) is 4.06. The fourth-order valence-electron chi connectivity index (χ4n) is 2.69. The van der Waals surface area contributed by atoms with Gasteiger partial charge in [0.2, 0.25) is 0 Å². The molecule has 0 fully saturated rings. The molecule has 2 N–H and O–H groups in total. The number of benzene rings is 1. The van der Waals surface area contributed by atoms with Gasteiger partial charge >= 0.3 is 0 Å². The molecule has 26 heavy (non-hydrogen) atoms. The number of aromatic nitrogens is 3. The largest absolute Gasteiger partial charge is 0.497 e. The number of aromatic amines is 2. The van der Waals surface area contributed by atoms with Gasteiger partial charge in [-0.2, -0.15) is 0 Å². The molecule has 130 valence electrons. The van der Waals surface area contributed by atoms with Crippen molar-refractivity contribution in [2.75, 3.05) is 7.11 Å². The topological polar surface area (TPSA) is 92.4 Å². The zero-order chi connectivity index (χ0) is 17.9. The van der Waals surface area contributed by atoms with Crippen molar-refractivity contribution in [3.05, 3.63) is 69.8 Å². The molecular weight excluding hydrogens is 332 g/mol. The molecule has 1 aromatic carbocycles. The van der Waals surface area contributed by atoms with E-state index in [1.54, 1.807) is 25.6 Å². The van der Waals surface area contributed by atoms with Crippen molar-refractivity contribution in [1.29, 1.82) is 0 Å². The quantitative estimate of drug-likeness (QED) is 0.741. The highest BCUT2D eigenvalue weighted by Gasteiger charge is 2.15. The lowest BCUT2D eigenvalue weighted by atomic mass is 10.1. The van der Waals surface area contributed by atoms with Crippen LogP contribution in [0, 0.1) is 0 Å². The highest BCUT2D eigenvalue weighted by atomic mass is 16.5. The highest BCUT2D eigenvalue weighted by molar-refractivity contribution is 6.20. The number of rotatable bonds is 5. The van der Waals surface area contributed by atoms with E-state index in [1.165, 1.54) is 0 Å². The van der Waals surface area contributed by atoms with Crippen LogP contribution in [0.3, 0.4) is 0 Å². The molecule has 3 aromatic rings. The van der Waals surface area contributed by atoms with Crippen LogP contribution < -0.4 is 15.0 Å². The third kappa shape index (κ3) is 3.02. The first-order valence-corrected chi connectivity index (χ1v) is 8.02. The lowest BCUT2D eigenvalue weighted by Gasteiger charge is -2.06. The van der Waals surface area contributed by atoms with E-state index >= 15 is 0 Å². The first-order valence-electron chi connectivity index (χ1n) is 8.02. The zero-order valence-electron chi connectivity index (χ0n) is 14.0. The number of allylic oxidation sites excluding steroid dienone is 1. The minimum atomic E-state index is -0.212. The number of hydrogen-bond acceptors (Lipinski definition) is 5. The summed E-state index contributed by atoms with van der Waals surface area (Å²) in [5, 5.41) is 5.48. The molecule has 0 bridgehead atoms. The van der Waals surface area contributed by atoms with Crippen LogP contribution >= 0.6 is 0 Å². The van der Waals surface area contributed by atoms with E-state index in [2.05, 4.69) is 20.2 Å². The number of fused-ring (bicyclic) bond motifs is 1. The normalized spacial score (nSPS) is 13.8. The maximum atomic E-state index is 12.2. The van der Waals surface area contributed by atoms with Crippen molar-refractivity contribution in [2.24, 2.45) is 4.99 Å². The van der Waals surface area contributed by atoms with Crippen molar-refractivity contribution >= 4 is 23.7 Å². The summed E-state index contributed by atoms with van der Waals surface area (Å²) >= 11 is 0. The van der Waals surface area contributed by atoms with Crippen LogP contribution in [-0.2, 0) is 6.61 Å². The number of pyridine rings is 1. The van der Waals surface area contributed by atoms with E-state index in [0.717, 1.165) is 16.9 Å². The number of aliphatic imine (C=N–C) groups is 1. The highest BCUT2D eigenvalue weighted by Crippen LogP contribution is 2.30. The van der Waals surface area contributed by atoms with E-state index < -0.39 is 0 Å². The van der Waals surface area contributed by atoms with Crippen molar-refractivity contribution < 1.29 is 9.47 Å². The van der Waals surface area contributed by atoms with Crippen LogP contribution in [0.25, 0.3) is 11.6 Å². The van der Waals surface area contributed by atoms with E-state index in [4.69, 9.17) is 9.47 Å². The lowest BCUT2D eigenvalue weighted by molar-refractivity contribution is 0.300. The Labute approximate surface area is 149 Å². The molecule has 3 heterocycles. The average molecular weight is 348 g/mol. The average Bonchev–Trinajstić information content (AvgIpc) is 3.25. The predicted molar refractivity (Wildman–Crippen MR) is 99.0 cm³/mol. The molecule has 1 aliphatic heterocycles. The Hall–Kier alpha value is -3.61. The smallest absolute Gasteiger partial charge is 0.271 e. The van der Waals surface area contributed by atoms with Gasteiger partial charge < -0.3 is 9.47 Å². The van der Waals surface area contributed by atoms with Gasteiger partial charge in [0.05, 0.1) is 18.4 Å². The number of ether oxygens (including phenoxy) is 2. The number of methoxy groups -OCH3 is 1. The zero-order valence-corrected chi connectivity index (χ0v) is 14.0. The first kappa shape index (κ1) is 15.9. The van der Waals surface area contributed by atoms with Crippen LogP contribution in [0.4, 0.5) is 5.82 Å². The molecule has 7 nitrogen and oxygen atoms in total. The summed E-state index contributed by atoms with van der Waals surface area (Å²) in [6, 6.07) is 11.0. The standard InChI is InChI=1S/C19H16N4O3/c1-25-13-4-6-14(7-5-13)26-11-17-16(19(24)23-22-17)9-12-10-21-18-15(12)3-2-8-20-18/h2-10H,11H2,1H3,(H2,22,23,24)/b12-9-. The van der Waals surface area contributed by atoms with Crippen LogP contribution in [0.2, 0.25) is 0 Å². The second-order valence-electron chi connectivity index (χ2n) is 5.67. The Bertz CT molecular complexity index is 1050. The monoisotopic (exact) mass is 348 g/mol. The first-order chi connectivity index (χ1) is 12.7. The fraction of sp³-hybridized carbons (Fsp3) is 0.105. The molecule has 0 saturated carbocycles. The van der Waals surface area contributed by atoms with Gasteiger partial charge in [0, 0.05) is 23.5 Å². The van der Waals surface area contributed by atoms with Crippen molar-refractivity contribution in [3.8, 4) is 11.5 Å². The molecule has 1 aliphatic rings. The van der Waals surface area contributed by atoms with Crippen LogP contribution in [-0.4, -0.2) is 28.5 Å². The number of nitrogens with zero attached hydrogens (tertiary/aromatic N) is 2. The Morgan fingerprint density at radius 1 is 1.12 bits per heavy atom. The van der Waals surface area contributed by atoms with E-state index in [-0.39, 0.29) is 12.2 Å². The van der Waals surface area contributed by atoms with Crippen LogP contribution in [0.5, 0.6) is 11.5 Å². The molecule has 2 aromatic heterocycles. The van der Waals surface area contributed by atoms with Crippen molar-refractivity contribution in [3.63, 3.8) is 0 Å². The summed E-state index contributed by atoms with van der Waals surface area (Å²) in [6.07, 6.45) is 5.19. The molecule has 0 aliphatic carbocycles. The van der Waals surface area contributed by atoms with Gasteiger partial charge in [-0.05, 0) is 42.5 Å². The van der Waals surface area contributed by atoms with Crippen molar-refractivity contribution in [2.45, 2.75) is 6.61 Å². The van der Waals surface area contributed by atoms with Gasteiger partial charge in [0.15, 0.2) is 5.82 Å². The third-order valence-electron chi connectivity index (χ3n) is 4.06. The number of hydrogen-bond donors (Lipinski definition) is 2. The number of nitrogens with one attached hydrogen (secondary N) is 2. The Balaban J connectivity index is 1.57. The molecule has 0 amide bonds. The fourth-order valence-corrected chi connectivity index (χ4v) is 2.69. The molecule has 0 spiro atoms. The molecule has 7 heteroatoms. The van der Waals surface area contributed by atoms with Gasteiger partial charge in [-0.1, -0.05) is 0 Å². The predicted octanol–water partition coefficient (Wildman–Crippen LogP) is 2.94. The van der Waals surface area contributed by atoms with Gasteiger partial charge in [-0.25, -0.2) is 9.98 Å². The molecule has 4 rings (SSSR count). The minimum Gasteiger partial charge on any atom is -0.497 e. The molecular formula is C19H16N4O3. The Morgan fingerprint density at radius 2 is 1.92 bits per heavy atom. The van der Waals surface area contributed by atoms with E-state index in [0.29, 0.717) is 22.8 Å². The maximum Gasteiger partial charge on any atom is 0.271 e. The van der Waals surface area contributed by atoms with E-state index in [1.807, 2.05) is 36.4 Å². The summed E-state index contributed by atoms with van der Waals surface area (Å²) in [5.74, 6) is 2.09. The minimum absolute atomic E-state index is 0.212. The molecule has 0 saturated heterocycles. The summed E-state index contributed by atoms with van der Waals surface area (Å²) in [5.41, 5.74) is 2.69. The van der Waals surface area contributed by atoms with Crippen LogP contribution in [0.15, 0.2) is 52.4 Å². The van der Waals surface area contributed by atoms with E-state index in [9.17, 15) is 4.79 Å². The Morgan fingerprint density at radius 3 is 2.73 bits per heavy atom.